The molecule has 1 saturated heterocycles. The van der Waals surface area contributed by atoms with Crippen LogP contribution in [0.5, 0.6) is 5.75 Å². The molecule has 2 aromatic carbocycles. The number of carbonyl (C=O) groups is 1. The summed E-state index contributed by atoms with van der Waals surface area (Å²) in [5.74, 6) is -2.42. The lowest BCUT2D eigenvalue weighted by atomic mass is 9.75. The molecule has 1 amide bonds. The van der Waals surface area contributed by atoms with E-state index in [1.807, 2.05) is 19.1 Å². The zero-order valence-corrected chi connectivity index (χ0v) is 19.9. The highest BCUT2D eigenvalue weighted by atomic mass is 19.3. The number of hydrogen-bond donors (Lipinski definition) is 2. The molecule has 0 spiro atoms. The van der Waals surface area contributed by atoms with E-state index in [2.05, 4.69) is 16.3 Å². The van der Waals surface area contributed by atoms with Gasteiger partial charge in [-0.25, -0.2) is 13.2 Å². The van der Waals surface area contributed by atoms with Gasteiger partial charge < -0.3 is 15.2 Å². The van der Waals surface area contributed by atoms with Crippen molar-refractivity contribution in [2.75, 3.05) is 20.2 Å². The Morgan fingerprint density at radius 2 is 2.00 bits per heavy atom. The highest BCUT2D eigenvalue weighted by molar-refractivity contribution is 5.94. The molecule has 1 heterocycles. The summed E-state index contributed by atoms with van der Waals surface area (Å²) >= 11 is 0. The second kappa shape index (κ2) is 9.13. The Bertz CT molecular complexity index is 1120. The number of aliphatic hydroxyl groups excluding tert-OH is 1. The minimum atomic E-state index is -3.09. The Hall–Kier alpha value is -2.58. The first-order chi connectivity index (χ1) is 16.7. The number of rotatable bonds is 6. The molecule has 1 saturated carbocycles. The first-order valence-corrected chi connectivity index (χ1v) is 12.2. The van der Waals surface area contributed by atoms with Crippen molar-refractivity contribution in [3.05, 3.63) is 64.2 Å². The average molecular weight is 489 g/mol. The third kappa shape index (κ3) is 4.54. The largest absolute Gasteiger partial charge is 0.496 e. The molecular weight excluding hydrogens is 457 g/mol. The number of methoxy groups -OCH3 is 1. The number of amides is 1. The first kappa shape index (κ1) is 24.1. The molecule has 1 aliphatic heterocycles. The van der Waals surface area contributed by atoms with Gasteiger partial charge in [0.1, 0.15) is 11.9 Å². The number of alkyl halides is 3. The van der Waals surface area contributed by atoms with Crippen molar-refractivity contribution < 1.29 is 27.8 Å². The minimum Gasteiger partial charge on any atom is -0.496 e. The van der Waals surface area contributed by atoms with Crippen molar-refractivity contribution in [2.24, 2.45) is 0 Å². The maximum absolute atomic E-state index is 14.0. The summed E-state index contributed by atoms with van der Waals surface area (Å²) in [6.07, 6.45) is -0.00847. The van der Waals surface area contributed by atoms with Crippen molar-refractivity contribution in [3.63, 3.8) is 0 Å². The lowest BCUT2D eigenvalue weighted by Gasteiger charge is -2.41. The Morgan fingerprint density at radius 1 is 1.23 bits per heavy atom. The van der Waals surface area contributed by atoms with Crippen LogP contribution in [-0.4, -0.2) is 48.3 Å². The van der Waals surface area contributed by atoms with E-state index < -0.39 is 30.5 Å². The number of carbonyl (C=O) groups excluding carboxylic acids is 1. The van der Waals surface area contributed by atoms with Crippen LogP contribution in [0, 0.1) is 0 Å². The fourth-order valence-corrected chi connectivity index (χ4v) is 5.71. The van der Waals surface area contributed by atoms with Crippen LogP contribution in [-0.2, 0) is 5.92 Å². The van der Waals surface area contributed by atoms with Gasteiger partial charge in [0.05, 0.1) is 19.3 Å². The van der Waals surface area contributed by atoms with Crippen LogP contribution >= 0.6 is 0 Å². The molecule has 0 aromatic heterocycles. The second-order valence-corrected chi connectivity index (χ2v) is 10.1. The van der Waals surface area contributed by atoms with Gasteiger partial charge in [0.15, 0.2) is 0 Å². The van der Waals surface area contributed by atoms with Gasteiger partial charge in [-0.3, -0.25) is 9.69 Å². The third-order valence-corrected chi connectivity index (χ3v) is 7.85. The van der Waals surface area contributed by atoms with Crippen LogP contribution in [0.4, 0.5) is 13.2 Å². The molecule has 5 rings (SSSR count). The fraction of sp³-hybridized carbons (Fsp3) is 0.519. The van der Waals surface area contributed by atoms with Gasteiger partial charge in [-0.05, 0) is 61.4 Å². The van der Waals surface area contributed by atoms with Crippen LogP contribution in [0.25, 0.3) is 0 Å². The van der Waals surface area contributed by atoms with E-state index in [-0.39, 0.29) is 22.7 Å². The summed E-state index contributed by atoms with van der Waals surface area (Å²) < 4.78 is 47.1. The molecule has 3 aliphatic rings. The summed E-state index contributed by atoms with van der Waals surface area (Å²) in [4.78, 5) is 15.1. The van der Waals surface area contributed by atoms with Crippen LogP contribution in [0.2, 0.25) is 0 Å². The summed E-state index contributed by atoms with van der Waals surface area (Å²) in [7, 11) is 1.59. The van der Waals surface area contributed by atoms with Crippen LogP contribution < -0.4 is 10.1 Å². The van der Waals surface area contributed by atoms with Gasteiger partial charge in [-0.15, -0.1) is 0 Å². The lowest BCUT2D eigenvalue weighted by molar-refractivity contribution is -0.0294. The van der Waals surface area contributed by atoms with Crippen molar-refractivity contribution >= 4 is 5.91 Å². The van der Waals surface area contributed by atoms with E-state index in [4.69, 9.17) is 4.74 Å². The molecule has 3 atom stereocenters. The molecule has 2 fully saturated rings. The van der Waals surface area contributed by atoms with Gasteiger partial charge >= 0.3 is 0 Å². The molecule has 0 unspecified atom stereocenters. The molecule has 5 nitrogen and oxygen atoms in total. The van der Waals surface area contributed by atoms with E-state index in [9.17, 15) is 23.1 Å². The number of ether oxygens (including phenoxy) is 1. The van der Waals surface area contributed by atoms with Crippen molar-refractivity contribution in [2.45, 2.75) is 68.8 Å². The molecule has 2 N–H and O–H groups in total. The summed E-state index contributed by atoms with van der Waals surface area (Å²) in [5.41, 5.74) is 2.09. The predicted octanol–water partition coefficient (Wildman–Crippen LogP) is 5.00. The zero-order chi connectivity index (χ0) is 24.9. The van der Waals surface area contributed by atoms with Crippen molar-refractivity contribution in [1.82, 2.24) is 10.2 Å². The molecule has 0 radical (unpaired) electrons. The highest BCUT2D eigenvalue weighted by Gasteiger charge is 2.44. The Kier molecular flexibility index (Phi) is 6.30. The van der Waals surface area contributed by atoms with Gasteiger partial charge in [0.25, 0.3) is 11.8 Å². The lowest BCUT2D eigenvalue weighted by Crippen LogP contribution is -2.42. The monoisotopic (exact) mass is 488 g/mol. The number of halogens is 3. The number of nitrogens with zero attached hydrogens (tertiary/aromatic N) is 1. The summed E-state index contributed by atoms with van der Waals surface area (Å²) in [5, 5.41) is 12.9. The van der Waals surface area contributed by atoms with E-state index in [1.54, 1.807) is 7.11 Å². The molecule has 35 heavy (non-hydrogen) atoms. The van der Waals surface area contributed by atoms with E-state index >= 15 is 0 Å². The van der Waals surface area contributed by atoms with Gasteiger partial charge in [0.2, 0.25) is 0 Å². The van der Waals surface area contributed by atoms with E-state index in [0.717, 1.165) is 24.9 Å². The SMILES string of the molecule is COc1cc(C2CC(N3CC[C@H](F)C3)C2)ccc1[C@H](C)NC(=O)c1ccc2c(c1)[C@H](O)CC2(F)F. The number of benzene rings is 2. The summed E-state index contributed by atoms with van der Waals surface area (Å²) in [6, 6.07) is 10.0. The Morgan fingerprint density at radius 3 is 2.69 bits per heavy atom. The van der Waals surface area contributed by atoms with Crippen LogP contribution in [0.15, 0.2) is 36.4 Å². The molecule has 0 bridgehead atoms. The van der Waals surface area contributed by atoms with Crippen molar-refractivity contribution in [3.8, 4) is 5.75 Å². The second-order valence-electron chi connectivity index (χ2n) is 10.1. The standard InChI is InChI=1S/C27H31F3N2O3/c1-15(31-26(34)17-4-6-23-22(11-17)24(33)13-27(23,29)30)21-5-3-16(12-25(21)35-2)18-9-20(10-18)32-8-7-19(28)14-32/h3-6,11-12,15,18-20,24,33H,7-10,13-14H2,1-2H3,(H,31,34)/t15-,18?,19-,20?,24+/m0/s1. The smallest absolute Gasteiger partial charge is 0.276 e. The van der Waals surface area contributed by atoms with Gasteiger partial charge in [-0.2, -0.15) is 0 Å². The molecule has 188 valence electrons. The first-order valence-electron chi connectivity index (χ1n) is 12.2. The van der Waals surface area contributed by atoms with Crippen molar-refractivity contribution in [1.29, 1.82) is 0 Å². The predicted molar refractivity (Wildman–Crippen MR) is 126 cm³/mol. The number of hydrogen-bond acceptors (Lipinski definition) is 4. The fourth-order valence-electron chi connectivity index (χ4n) is 5.71. The van der Waals surface area contributed by atoms with Gasteiger partial charge in [-0.1, -0.05) is 18.2 Å². The number of aliphatic hydroxyl groups is 1. The molecule has 2 aliphatic carbocycles. The Balaban J connectivity index is 1.25. The minimum absolute atomic E-state index is 0.104. The zero-order valence-electron chi connectivity index (χ0n) is 19.9. The number of likely N-dealkylation sites (tertiary alicyclic amines) is 1. The van der Waals surface area contributed by atoms with E-state index in [0.29, 0.717) is 30.7 Å². The normalized spacial score (nSPS) is 28.3. The van der Waals surface area contributed by atoms with E-state index in [1.165, 1.54) is 23.8 Å². The average Bonchev–Trinajstić information content (AvgIpc) is 3.31. The van der Waals surface area contributed by atoms with Crippen LogP contribution in [0.3, 0.4) is 0 Å². The number of nitrogens with one attached hydrogen (secondary N) is 1. The van der Waals surface area contributed by atoms with Crippen LogP contribution in [0.1, 0.15) is 83.3 Å². The maximum atomic E-state index is 14.0. The Labute approximate surface area is 203 Å². The quantitative estimate of drug-likeness (QED) is 0.601. The highest BCUT2D eigenvalue weighted by Crippen LogP contribution is 2.47. The molecule has 8 heteroatoms. The number of fused-ring (bicyclic) bond motifs is 1. The van der Waals surface area contributed by atoms with Gasteiger partial charge in [0, 0.05) is 42.2 Å². The molecular formula is C27H31F3N2O3. The molecule has 2 aromatic rings. The summed E-state index contributed by atoms with van der Waals surface area (Å²) in [6.45, 7) is 3.22. The third-order valence-electron chi connectivity index (χ3n) is 7.85. The maximum Gasteiger partial charge on any atom is 0.276 e. The topological polar surface area (TPSA) is 61.8 Å².